The van der Waals surface area contributed by atoms with E-state index in [1.807, 2.05) is 43.9 Å². The first-order valence-electron chi connectivity index (χ1n) is 16.7. The van der Waals surface area contributed by atoms with Crippen molar-refractivity contribution in [3.05, 3.63) is 42.0 Å². The number of anilines is 2. The van der Waals surface area contributed by atoms with Crippen LogP contribution in [0, 0.1) is 0 Å². The quantitative estimate of drug-likeness (QED) is 0.195. The van der Waals surface area contributed by atoms with E-state index in [1.54, 1.807) is 6.33 Å². The summed E-state index contributed by atoms with van der Waals surface area (Å²) in [4.78, 5) is 31.5. The fourth-order valence-corrected chi connectivity index (χ4v) is 7.10. The van der Waals surface area contributed by atoms with Gasteiger partial charge in [0.15, 0.2) is 0 Å². The molecular formula is C34H53N7O4Si. The summed E-state index contributed by atoms with van der Waals surface area (Å²) in [5.41, 5.74) is 2.53. The number of carbonyl (C=O) groups is 1. The van der Waals surface area contributed by atoms with Crippen molar-refractivity contribution in [3.8, 4) is 0 Å². The molecule has 11 nitrogen and oxygen atoms in total. The molecule has 46 heavy (non-hydrogen) atoms. The highest BCUT2D eigenvalue weighted by atomic mass is 28.3. The Labute approximate surface area is 275 Å². The average Bonchev–Trinajstić information content (AvgIpc) is 3.36. The molecule has 3 aromatic rings. The Balaban J connectivity index is 1.31. The van der Waals surface area contributed by atoms with Crippen molar-refractivity contribution < 1.29 is 19.0 Å². The third-order valence-electron chi connectivity index (χ3n) is 8.65. The Morgan fingerprint density at radius 3 is 2.48 bits per heavy atom. The number of rotatable bonds is 10. The lowest BCUT2D eigenvalue weighted by molar-refractivity contribution is 0.00559. The van der Waals surface area contributed by atoms with Gasteiger partial charge in [-0.05, 0) is 77.1 Å². The minimum Gasteiger partial charge on any atom is -0.444 e. The Morgan fingerprint density at radius 1 is 1.09 bits per heavy atom. The van der Waals surface area contributed by atoms with E-state index in [9.17, 15) is 4.79 Å². The van der Waals surface area contributed by atoms with Gasteiger partial charge in [-0.1, -0.05) is 25.7 Å². The molecule has 0 spiro atoms. The van der Waals surface area contributed by atoms with Gasteiger partial charge in [0.1, 0.15) is 35.9 Å². The molecule has 0 saturated carbocycles. The highest BCUT2D eigenvalue weighted by Crippen LogP contribution is 2.36. The highest BCUT2D eigenvalue weighted by molar-refractivity contribution is 6.76. The first kappa shape index (κ1) is 34.1. The molecule has 1 amide bonds. The molecule has 0 bridgehead atoms. The van der Waals surface area contributed by atoms with E-state index < -0.39 is 13.7 Å². The van der Waals surface area contributed by atoms with Crippen molar-refractivity contribution in [3.63, 3.8) is 0 Å². The van der Waals surface area contributed by atoms with Gasteiger partial charge in [0.05, 0.1) is 29.7 Å². The van der Waals surface area contributed by atoms with Crippen LogP contribution in [0.2, 0.25) is 25.7 Å². The Morgan fingerprint density at radius 2 is 1.80 bits per heavy atom. The molecule has 2 fully saturated rings. The molecule has 1 N–H and O–H groups in total. The van der Waals surface area contributed by atoms with Gasteiger partial charge in [0, 0.05) is 47.2 Å². The zero-order chi connectivity index (χ0) is 33.1. The molecule has 12 heteroatoms. The number of nitrogens with one attached hydrogen (secondary N) is 1. The predicted octanol–water partition coefficient (Wildman–Crippen LogP) is 6.48. The van der Waals surface area contributed by atoms with Gasteiger partial charge in [-0.3, -0.25) is 4.90 Å². The minimum absolute atomic E-state index is 0.0105. The van der Waals surface area contributed by atoms with Crippen LogP contribution in [0.25, 0.3) is 11.0 Å². The lowest BCUT2D eigenvalue weighted by atomic mass is 9.92. The van der Waals surface area contributed by atoms with E-state index in [2.05, 4.69) is 54.5 Å². The summed E-state index contributed by atoms with van der Waals surface area (Å²) in [6, 6.07) is 7.24. The van der Waals surface area contributed by atoms with E-state index in [0.29, 0.717) is 32.3 Å². The first-order valence-corrected chi connectivity index (χ1v) is 20.4. The van der Waals surface area contributed by atoms with E-state index in [-0.39, 0.29) is 18.2 Å². The zero-order valence-corrected chi connectivity index (χ0v) is 30.0. The molecule has 0 radical (unpaired) electrons. The smallest absolute Gasteiger partial charge is 0.410 e. The van der Waals surface area contributed by atoms with Gasteiger partial charge in [0.25, 0.3) is 0 Å². The van der Waals surface area contributed by atoms with Gasteiger partial charge < -0.3 is 29.0 Å². The Kier molecular flexibility index (Phi) is 10.6. The second-order valence-electron chi connectivity index (χ2n) is 15.0. The molecule has 252 valence electrons. The van der Waals surface area contributed by atoms with Gasteiger partial charge >= 0.3 is 6.09 Å². The molecular weight excluding hydrogens is 599 g/mol. The van der Waals surface area contributed by atoms with Crippen molar-refractivity contribution in [1.29, 1.82) is 0 Å². The molecule has 5 rings (SSSR count). The van der Waals surface area contributed by atoms with Gasteiger partial charge in [-0.2, -0.15) is 0 Å². The summed E-state index contributed by atoms with van der Waals surface area (Å²) in [5.74, 6) is 2.10. The summed E-state index contributed by atoms with van der Waals surface area (Å²) >= 11 is 0. The second kappa shape index (κ2) is 14.3. The molecule has 3 aromatic heterocycles. The number of hydrogen-bond acceptors (Lipinski definition) is 9. The number of piperazine rings is 1. The molecule has 0 aliphatic carbocycles. The summed E-state index contributed by atoms with van der Waals surface area (Å²) in [6.07, 6.45) is 5.54. The summed E-state index contributed by atoms with van der Waals surface area (Å²) in [5, 5.41) is 4.65. The van der Waals surface area contributed by atoms with E-state index in [0.717, 1.165) is 67.1 Å². The fourth-order valence-electron chi connectivity index (χ4n) is 6.35. The van der Waals surface area contributed by atoms with Crippen LogP contribution in [0.3, 0.4) is 0 Å². The fraction of sp³-hybridized carbons (Fsp3) is 0.647. The van der Waals surface area contributed by atoms with Crippen LogP contribution in [0.1, 0.15) is 64.6 Å². The molecule has 0 aromatic carbocycles. The summed E-state index contributed by atoms with van der Waals surface area (Å²) in [6.45, 7) is 21.6. The molecule has 2 aliphatic heterocycles. The zero-order valence-electron chi connectivity index (χ0n) is 29.0. The van der Waals surface area contributed by atoms with Gasteiger partial charge in [0.2, 0.25) is 0 Å². The Hall–Kier alpha value is -3.22. The summed E-state index contributed by atoms with van der Waals surface area (Å²) in [7, 11) is -1.17. The number of amides is 1. The number of ether oxygens (including phenoxy) is 3. The number of pyridine rings is 1. The van der Waals surface area contributed by atoms with Crippen molar-refractivity contribution >= 4 is 36.8 Å². The standard InChI is InChI=1S/C34H53N7O4Si/c1-24-19-39(20-25(2)41(24)33(42)45-34(3,4)5)29-11-9-10-27(38-29)18-35-31-30-28(26-12-14-43-15-13-26)21-40(32(30)37-22-36-31)23-44-16-17-46(6,7)8/h9-11,21-22,24-26H,12-20,23H2,1-8H3,(H,35,36,37)/t24-,25+. The number of nitrogens with zero attached hydrogens (tertiary/aromatic N) is 6. The Bertz CT molecular complexity index is 1470. The average molecular weight is 652 g/mol. The predicted molar refractivity (Wildman–Crippen MR) is 185 cm³/mol. The summed E-state index contributed by atoms with van der Waals surface area (Å²) < 4.78 is 19.7. The lowest BCUT2D eigenvalue weighted by Crippen LogP contribution is -2.59. The van der Waals surface area contributed by atoms with Crippen LogP contribution >= 0.6 is 0 Å². The minimum atomic E-state index is -1.17. The van der Waals surface area contributed by atoms with Crippen LogP contribution < -0.4 is 10.2 Å². The molecule has 2 atom stereocenters. The van der Waals surface area contributed by atoms with Crippen molar-refractivity contribution in [2.24, 2.45) is 0 Å². The first-order chi connectivity index (χ1) is 21.8. The molecule has 2 aliphatic rings. The second-order valence-corrected chi connectivity index (χ2v) is 20.7. The largest absolute Gasteiger partial charge is 0.444 e. The van der Waals surface area contributed by atoms with E-state index in [1.165, 1.54) is 5.56 Å². The number of carbonyl (C=O) groups excluding carboxylic acids is 1. The highest BCUT2D eigenvalue weighted by Gasteiger charge is 2.36. The lowest BCUT2D eigenvalue weighted by Gasteiger charge is -2.45. The van der Waals surface area contributed by atoms with Crippen LogP contribution in [-0.4, -0.2) is 89.2 Å². The third kappa shape index (κ3) is 8.57. The molecule has 0 unspecified atom stereocenters. The van der Waals surface area contributed by atoms with Crippen LogP contribution in [0.15, 0.2) is 30.7 Å². The van der Waals surface area contributed by atoms with Crippen molar-refractivity contribution in [1.82, 2.24) is 24.4 Å². The number of aromatic nitrogens is 4. The van der Waals surface area contributed by atoms with Gasteiger partial charge in [-0.25, -0.2) is 19.7 Å². The normalized spacial score (nSPS) is 19.9. The molecule has 5 heterocycles. The maximum Gasteiger partial charge on any atom is 0.410 e. The van der Waals surface area contributed by atoms with Crippen LogP contribution in [0.4, 0.5) is 16.4 Å². The van der Waals surface area contributed by atoms with E-state index in [4.69, 9.17) is 29.2 Å². The maximum absolute atomic E-state index is 12.9. The monoisotopic (exact) mass is 651 g/mol. The van der Waals surface area contributed by atoms with Crippen LogP contribution in [-0.2, 0) is 27.5 Å². The van der Waals surface area contributed by atoms with Crippen molar-refractivity contribution in [2.45, 2.75) is 110 Å². The van der Waals surface area contributed by atoms with Crippen LogP contribution in [0.5, 0.6) is 0 Å². The van der Waals surface area contributed by atoms with E-state index >= 15 is 0 Å². The topological polar surface area (TPSA) is 107 Å². The number of fused-ring (bicyclic) bond motifs is 1. The maximum atomic E-state index is 12.9. The third-order valence-corrected chi connectivity index (χ3v) is 10.4. The number of hydrogen-bond donors (Lipinski definition) is 1. The van der Waals surface area contributed by atoms with Crippen molar-refractivity contribution in [2.75, 3.05) is 43.1 Å². The van der Waals surface area contributed by atoms with Gasteiger partial charge in [-0.15, -0.1) is 0 Å². The molecule has 2 saturated heterocycles. The SMILES string of the molecule is C[C@@H]1CN(c2cccc(CNc3ncnc4c3c(C3CCOCC3)cn4COCC[Si](C)(C)C)n2)C[C@H](C)N1C(=O)OC(C)(C)C.